The van der Waals surface area contributed by atoms with Gasteiger partial charge in [0.25, 0.3) is 10.9 Å². The molecule has 1 heterocycles. The van der Waals surface area contributed by atoms with E-state index < -0.39 is 0 Å². The van der Waals surface area contributed by atoms with Crippen LogP contribution in [0.2, 0.25) is 0 Å². The van der Waals surface area contributed by atoms with Crippen molar-refractivity contribution in [3.63, 3.8) is 0 Å². The highest BCUT2D eigenvalue weighted by atomic mass is 16.2. The summed E-state index contributed by atoms with van der Waals surface area (Å²) >= 11 is 0. The lowest BCUT2D eigenvalue weighted by Crippen LogP contribution is -2.57. The molecule has 0 radical (unpaired) electrons. The first-order valence-electron chi connectivity index (χ1n) is 12.7. The maximum atomic E-state index is 12.6. The predicted octanol–water partition coefficient (Wildman–Crippen LogP) is 3.87. The van der Waals surface area contributed by atoms with Crippen molar-refractivity contribution in [1.29, 1.82) is 0 Å². The van der Waals surface area contributed by atoms with Crippen LogP contribution in [0.1, 0.15) is 83.5 Å². The zero-order valence-corrected chi connectivity index (χ0v) is 18.3. The Morgan fingerprint density at radius 2 is 1.33 bits per heavy atom. The maximum Gasteiger partial charge on any atom is 0.253 e. The number of anilines is 2. The molecule has 0 amide bonds. The summed E-state index contributed by atoms with van der Waals surface area (Å²) in [4.78, 5) is 27.8. The van der Waals surface area contributed by atoms with Gasteiger partial charge in [-0.25, -0.2) is 0 Å². The second-order valence-corrected chi connectivity index (χ2v) is 11.4. The molecule has 5 nitrogen and oxygen atoms in total. The summed E-state index contributed by atoms with van der Waals surface area (Å²) in [6.45, 7) is 2.38. The first kappa shape index (κ1) is 19.3. The van der Waals surface area contributed by atoms with Gasteiger partial charge >= 0.3 is 0 Å². The Balaban J connectivity index is 1.21. The normalized spacial score (nSPS) is 41.3. The van der Waals surface area contributed by atoms with E-state index in [4.69, 9.17) is 0 Å². The van der Waals surface area contributed by atoms with Crippen molar-refractivity contribution in [3.05, 3.63) is 20.4 Å². The molecule has 7 rings (SSSR count). The van der Waals surface area contributed by atoms with Crippen LogP contribution in [0.15, 0.2) is 9.59 Å². The van der Waals surface area contributed by atoms with Crippen LogP contribution in [0.5, 0.6) is 0 Å². The van der Waals surface area contributed by atoms with Crippen LogP contribution < -0.4 is 21.5 Å². The highest BCUT2D eigenvalue weighted by molar-refractivity contribution is 5.75. The van der Waals surface area contributed by atoms with Crippen LogP contribution in [0.4, 0.5) is 11.4 Å². The van der Waals surface area contributed by atoms with Gasteiger partial charge in [-0.05, 0) is 95.1 Å². The van der Waals surface area contributed by atoms with E-state index in [0.717, 1.165) is 24.2 Å². The molecular weight excluding hydrogens is 374 g/mol. The number of nitrogens with one attached hydrogen (secondary N) is 2. The summed E-state index contributed by atoms with van der Waals surface area (Å²) in [6, 6.07) is 0.813. The maximum absolute atomic E-state index is 12.6. The number of rotatable bonds is 5. The average Bonchev–Trinajstić information content (AvgIpc) is 2.76. The van der Waals surface area contributed by atoms with Gasteiger partial charge in [-0.2, -0.15) is 0 Å². The molecule has 30 heavy (non-hydrogen) atoms. The van der Waals surface area contributed by atoms with Crippen molar-refractivity contribution in [3.8, 4) is 0 Å². The number of hydrogen-bond donors (Lipinski definition) is 2. The van der Waals surface area contributed by atoms with Crippen molar-refractivity contribution < 1.29 is 0 Å². The quantitative estimate of drug-likeness (QED) is 0.720. The molecule has 1 aromatic rings. The molecule has 5 heteroatoms. The Morgan fingerprint density at radius 3 is 2.00 bits per heavy atom. The van der Waals surface area contributed by atoms with Crippen molar-refractivity contribution in [2.24, 2.45) is 17.8 Å². The summed E-state index contributed by atoms with van der Waals surface area (Å²) in [5.41, 5.74) is 0.755. The lowest BCUT2D eigenvalue weighted by Gasteiger charge is -2.57. The van der Waals surface area contributed by atoms with Gasteiger partial charge in [0.1, 0.15) is 11.4 Å². The number of likely N-dealkylation sites (tertiary alicyclic amines) is 1. The fourth-order valence-electron chi connectivity index (χ4n) is 8.33. The van der Waals surface area contributed by atoms with E-state index in [1.165, 1.54) is 90.1 Å². The third kappa shape index (κ3) is 3.23. The lowest BCUT2D eigenvalue weighted by molar-refractivity contribution is 0.0106. The van der Waals surface area contributed by atoms with Crippen LogP contribution in [-0.4, -0.2) is 35.6 Å². The molecule has 4 bridgehead atoms. The Kier molecular flexibility index (Phi) is 4.74. The molecule has 164 valence electrons. The molecule has 2 atom stereocenters. The largest absolute Gasteiger partial charge is 0.376 e. The van der Waals surface area contributed by atoms with Crippen LogP contribution in [0.25, 0.3) is 0 Å². The zero-order chi connectivity index (χ0) is 20.3. The minimum Gasteiger partial charge on any atom is -0.376 e. The van der Waals surface area contributed by atoms with E-state index in [-0.39, 0.29) is 16.4 Å². The molecule has 1 saturated heterocycles. The molecule has 5 aliphatic carbocycles. The Hall–Kier alpha value is -1.36. The summed E-state index contributed by atoms with van der Waals surface area (Å²) in [5, 5.41) is 7.33. The van der Waals surface area contributed by atoms with Crippen LogP contribution in [0, 0.1) is 17.8 Å². The van der Waals surface area contributed by atoms with Gasteiger partial charge in [0.15, 0.2) is 0 Å². The van der Waals surface area contributed by atoms with Gasteiger partial charge < -0.3 is 10.6 Å². The van der Waals surface area contributed by atoms with E-state index in [1.54, 1.807) is 0 Å². The topological polar surface area (TPSA) is 61.4 Å². The molecule has 1 aromatic carbocycles. The second kappa shape index (κ2) is 7.36. The fourth-order valence-corrected chi connectivity index (χ4v) is 8.33. The lowest BCUT2D eigenvalue weighted by atomic mass is 9.53. The van der Waals surface area contributed by atoms with E-state index in [0.29, 0.717) is 23.5 Å². The fraction of sp³-hybridized carbons (Fsp3) is 0.840. The van der Waals surface area contributed by atoms with E-state index in [9.17, 15) is 9.59 Å². The van der Waals surface area contributed by atoms with E-state index in [2.05, 4.69) is 15.5 Å². The summed E-state index contributed by atoms with van der Waals surface area (Å²) in [7, 11) is 0. The van der Waals surface area contributed by atoms with Gasteiger partial charge in [0.05, 0.1) is 0 Å². The standard InChI is InChI=1S/C25H37N3O2/c29-23-21(26-19-6-2-3-7-20(19)28-8-4-1-5-9-28)22(24(23)30)27-25-13-16-10-17(14-25)12-18(11-16)15-25/h16-20,26-27H,1-15H2/t16?,17?,18?,19-,20-,25?/m0/s1. The minimum atomic E-state index is -0.287. The highest BCUT2D eigenvalue weighted by Crippen LogP contribution is 2.56. The summed E-state index contributed by atoms with van der Waals surface area (Å²) in [5.74, 6) is 2.48. The van der Waals surface area contributed by atoms with E-state index in [1.807, 2.05) is 0 Å². The SMILES string of the molecule is O=c1c(N[C@H]2CCCC[C@@H]2N2CCCCC2)c(NC23CC4CC(CC(C4)C2)C3)c1=O. The molecule has 2 N–H and O–H groups in total. The third-order valence-electron chi connectivity index (χ3n) is 9.26. The highest BCUT2D eigenvalue weighted by Gasteiger charge is 2.51. The second-order valence-electron chi connectivity index (χ2n) is 11.4. The zero-order valence-electron chi connectivity index (χ0n) is 18.3. The molecule has 0 aromatic heterocycles. The first-order valence-corrected chi connectivity index (χ1v) is 12.7. The van der Waals surface area contributed by atoms with Crippen molar-refractivity contribution >= 4 is 11.4 Å². The Labute approximate surface area is 179 Å². The number of nitrogens with zero attached hydrogens (tertiary/aromatic N) is 1. The molecule has 0 unspecified atom stereocenters. The third-order valence-corrected chi connectivity index (χ3v) is 9.26. The van der Waals surface area contributed by atoms with Crippen LogP contribution in [-0.2, 0) is 0 Å². The number of piperidine rings is 1. The number of hydrogen-bond acceptors (Lipinski definition) is 5. The molecule has 1 aliphatic heterocycles. The van der Waals surface area contributed by atoms with Gasteiger partial charge in [-0.3, -0.25) is 14.5 Å². The molecule has 6 aliphatic rings. The molecule has 6 fully saturated rings. The Bertz CT molecular complexity index is 829. The van der Waals surface area contributed by atoms with Gasteiger partial charge in [-0.15, -0.1) is 0 Å². The van der Waals surface area contributed by atoms with Crippen molar-refractivity contribution in [1.82, 2.24) is 4.90 Å². The summed E-state index contributed by atoms with van der Waals surface area (Å²) < 4.78 is 0. The van der Waals surface area contributed by atoms with Crippen molar-refractivity contribution in [2.45, 2.75) is 101 Å². The minimum absolute atomic E-state index is 0.0756. The predicted molar refractivity (Wildman–Crippen MR) is 121 cm³/mol. The monoisotopic (exact) mass is 411 g/mol. The molecule has 5 saturated carbocycles. The Morgan fingerprint density at radius 1 is 0.733 bits per heavy atom. The molecule has 0 spiro atoms. The van der Waals surface area contributed by atoms with Crippen LogP contribution >= 0.6 is 0 Å². The average molecular weight is 412 g/mol. The van der Waals surface area contributed by atoms with E-state index >= 15 is 0 Å². The van der Waals surface area contributed by atoms with Gasteiger partial charge in [-0.1, -0.05) is 19.3 Å². The van der Waals surface area contributed by atoms with Gasteiger partial charge in [0.2, 0.25) is 0 Å². The van der Waals surface area contributed by atoms with Crippen LogP contribution in [0.3, 0.4) is 0 Å². The van der Waals surface area contributed by atoms with Gasteiger partial charge in [0, 0.05) is 17.6 Å². The smallest absolute Gasteiger partial charge is 0.253 e. The molecular formula is C25H37N3O2. The summed E-state index contributed by atoms with van der Waals surface area (Å²) in [6.07, 6.45) is 16.5. The van der Waals surface area contributed by atoms with Crippen molar-refractivity contribution in [2.75, 3.05) is 23.7 Å². The first-order chi connectivity index (χ1) is 14.6.